The Morgan fingerprint density at radius 3 is 2.65 bits per heavy atom. The second-order valence-electron chi connectivity index (χ2n) is 5.09. The molecule has 1 heterocycles. The Hall–Kier alpha value is -2.66. The maximum Gasteiger partial charge on any atom is 0.258 e. The van der Waals surface area contributed by atoms with Crippen molar-refractivity contribution >= 4 is 23.2 Å². The monoisotopic (exact) mass is 329 g/mol. The largest absolute Gasteiger partial charge is 0.321 e. The Kier molecular flexibility index (Phi) is 4.12. The van der Waals surface area contributed by atoms with Crippen molar-refractivity contribution in [3.63, 3.8) is 0 Å². The Morgan fingerprint density at radius 1 is 1.22 bits per heavy atom. The van der Waals surface area contributed by atoms with Crippen LogP contribution < -0.4 is 5.32 Å². The van der Waals surface area contributed by atoms with Gasteiger partial charge in [0.25, 0.3) is 5.91 Å². The number of anilines is 1. The SMILES string of the molecule is Cc1ccc(NC(=O)c2cnn(-c3ccc(F)cc3)c2)c(Cl)c1. The van der Waals surface area contributed by atoms with E-state index in [0.29, 0.717) is 22.0 Å². The molecular weight excluding hydrogens is 317 g/mol. The van der Waals surface area contributed by atoms with Crippen LogP contribution in [0.3, 0.4) is 0 Å². The van der Waals surface area contributed by atoms with Gasteiger partial charge in [0.2, 0.25) is 0 Å². The van der Waals surface area contributed by atoms with Gasteiger partial charge in [-0.15, -0.1) is 0 Å². The first-order chi connectivity index (χ1) is 11.0. The summed E-state index contributed by atoms with van der Waals surface area (Å²) in [5, 5.41) is 7.34. The van der Waals surface area contributed by atoms with Crippen LogP contribution in [0, 0.1) is 12.7 Å². The van der Waals surface area contributed by atoms with Gasteiger partial charge in [-0.2, -0.15) is 5.10 Å². The molecule has 116 valence electrons. The van der Waals surface area contributed by atoms with Gasteiger partial charge < -0.3 is 5.32 Å². The molecule has 0 saturated carbocycles. The Balaban J connectivity index is 1.79. The van der Waals surface area contributed by atoms with Gasteiger partial charge in [0.05, 0.1) is 28.2 Å². The number of carbonyl (C=O) groups is 1. The molecular formula is C17H13ClFN3O. The molecule has 1 aromatic heterocycles. The second-order valence-corrected chi connectivity index (χ2v) is 5.49. The zero-order valence-corrected chi connectivity index (χ0v) is 13.0. The van der Waals surface area contributed by atoms with E-state index in [9.17, 15) is 9.18 Å². The van der Waals surface area contributed by atoms with E-state index in [2.05, 4.69) is 10.4 Å². The predicted molar refractivity (Wildman–Crippen MR) is 87.7 cm³/mol. The number of hydrogen-bond donors (Lipinski definition) is 1. The van der Waals surface area contributed by atoms with E-state index in [-0.39, 0.29) is 11.7 Å². The number of aryl methyl sites for hydroxylation is 1. The van der Waals surface area contributed by atoms with Crippen molar-refractivity contribution in [2.45, 2.75) is 6.92 Å². The van der Waals surface area contributed by atoms with Crippen molar-refractivity contribution in [3.05, 3.63) is 76.8 Å². The summed E-state index contributed by atoms with van der Waals surface area (Å²) in [5.74, 6) is -0.642. The van der Waals surface area contributed by atoms with Crippen LogP contribution in [0.25, 0.3) is 5.69 Å². The minimum Gasteiger partial charge on any atom is -0.321 e. The van der Waals surface area contributed by atoms with Gasteiger partial charge in [-0.05, 0) is 48.9 Å². The minimum absolute atomic E-state index is 0.316. The summed E-state index contributed by atoms with van der Waals surface area (Å²) in [7, 11) is 0. The number of benzene rings is 2. The lowest BCUT2D eigenvalue weighted by molar-refractivity contribution is 0.102. The summed E-state index contributed by atoms with van der Waals surface area (Å²) in [6.45, 7) is 1.92. The number of nitrogens with zero attached hydrogens (tertiary/aromatic N) is 2. The van der Waals surface area contributed by atoms with Gasteiger partial charge >= 0.3 is 0 Å². The average molecular weight is 330 g/mol. The molecule has 0 unspecified atom stereocenters. The number of amides is 1. The quantitative estimate of drug-likeness (QED) is 0.781. The number of halogens is 2. The molecule has 0 radical (unpaired) electrons. The molecule has 1 amide bonds. The molecule has 0 aliphatic heterocycles. The number of carbonyl (C=O) groups excluding carboxylic acids is 1. The highest BCUT2D eigenvalue weighted by Gasteiger charge is 2.11. The van der Waals surface area contributed by atoms with Crippen molar-refractivity contribution in [2.24, 2.45) is 0 Å². The molecule has 0 aliphatic carbocycles. The fraction of sp³-hybridized carbons (Fsp3) is 0.0588. The molecule has 0 aliphatic rings. The van der Waals surface area contributed by atoms with Gasteiger partial charge in [-0.25, -0.2) is 9.07 Å². The maximum absolute atomic E-state index is 12.9. The third-order valence-corrected chi connectivity index (χ3v) is 3.62. The fourth-order valence-corrected chi connectivity index (χ4v) is 2.37. The van der Waals surface area contributed by atoms with Crippen LogP contribution in [-0.4, -0.2) is 15.7 Å². The fourth-order valence-electron chi connectivity index (χ4n) is 2.09. The Labute approximate surface area is 137 Å². The van der Waals surface area contributed by atoms with E-state index in [0.717, 1.165) is 5.56 Å². The molecule has 4 nitrogen and oxygen atoms in total. The highest BCUT2D eigenvalue weighted by molar-refractivity contribution is 6.34. The molecule has 3 rings (SSSR count). The summed E-state index contributed by atoms with van der Waals surface area (Å²) < 4.78 is 14.4. The van der Waals surface area contributed by atoms with Crippen LogP contribution in [0.2, 0.25) is 5.02 Å². The van der Waals surface area contributed by atoms with Crippen molar-refractivity contribution in [1.82, 2.24) is 9.78 Å². The lowest BCUT2D eigenvalue weighted by atomic mass is 10.2. The highest BCUT2D eigenvalue weighted by atomic mass is 35.5. The summed E-state index contributed by atoms with van der Waals surface area (Å²) in [4.78, 5) is 12.3. The molecule has 0 spiro atoms. The van der Waals surface area contributed by atoms with E-state index in [1.807, 2.05) is 13.0 Å². The lowest BCUT2D eigenvalue weighted by Gasteiger charge is -2.06. The molecule has 23 heavy (non-hydrogen) atoms. The molecule has 0 bridgehead atoms. The van der Waals surface area contributed by atoms with Gasteiger partial charge in [-0.1, -0.05) is 17.7 Å². The van der Waals surface area contributed by atoms with Gasteiger partial charge in [-0.3, -0.25) is 4.79 Å². The van der Waals surface area contributed by atoms with Crippen molar-refractivity contribution in [1.29, 1.82) is 0 Å². The van der Waals surface area contributed by atoms with Crippen LogP contribution in [0.4, 0.5) is 10.1 Å². The number of hydrogen-bond acceptors (Lipinski definition) is 2. The van der Waals surface area contributed by atoms with Crippen LogP contribution in [0.15, 0.2) is 54.9 Å². The average Bonchev–Trinajstić information content (AvgIpc) is 3.01. The molecule has 0 atom stereocenters. The molecule has 2 aromatic carbocycles. The maximum atomic E-state index is 12.9. The standard InChI is InChI=1S/C17H13ClFN3O/c1-11-2-7-16(15(18)8-11)21-17(23)12-9-20-22(10-12)14-5-3-13(19)4-6-14/h2-10H,1H3,(H,21,23). The topological polar surface area (TPSA) is 46.9 Å². The third-order valence-electron chi connectivity index (χ3n) is 3.31. The Bertz CT molecular complexity index is 859. The highest BCUT2D eigenvalue weighted by Crippen LogP contribution is 2.23. The number of aromatic nitrogens is 2. The number of rotatable bonds is 3. The summed E-state index contributed by atoms with van der Waals surface area (Å²) in [5.41, 5.74) is 2.60. The van der Waals surface area contributed by atoms with E-state index >= 15 is 0 Å². The smallest absolute Gasteiger partial charge is 0.258 e. The van der Waals surface area contributed by atoms with E-state index in [1.54, 1.807) is 30.5 Å². The Morgan fingerprint density at radius 2 is 1.96 bits per heavy atom. The van der Waals surface area contributed by atoms with Crippen LogP contribution in [0.1, 0.15) is 15.9 Å². The van der Waals surface area contributed by atoms with E-state index in [4.69, 9.17) is 11.6 Å². The third kappa shape index (κ3) is 3.40. The van der Waals surface area contributed by atoms with Gasteiger partial charge in [0.15, 0.2) is 0 Å². The van der Waals surface area contributed by atoms with Crippen LogP contribution in [-0.2, 0) is 0 Å². The van der Waals surface area contributed by atoms with Gasteiger partial charge in [0.1, 0.15) is 5.82 Å². The summed E-state index contributed by atoms with van der Waals surface area (Å²) >= 11 is 6.11. The molecule has 3 aromatic rings. The van der Waals surface area contributed by atoms with Crippen molar-refractivity contribution in [2.75, 3.05) is 5.32 Å². The van der Waals surface area contributed by atoms with Gasteiger partial charge in [0, 0.05) is 6.20 Å². The van der Waals surface area contributed by atoms with E-state index in [1.165, 1.54) is 23.0 Å². The number of nitrogens with one attached hydrogen (secondary N) is 1. The van der Waals surface area contributed by atoms with Crippen LogP contribution >= 0.6 is 11.6 Å². The first-order valence-corrected chi connectivity index (χ1v) is 7.29. The summed E-state index contributed by atoms with van der Waals surface area (Å²) in [6, 6.07) is 11.2. The molecule has 6 heteroatoms. The van der Waals surface area contributed by atoms with E-state index < -0.39 is 0 Å². The zero-order chi connectivity index (χ0) is 16.4. The lowest BCUT2D eigenvalue weighted by Crippen LogP contribution is -2.11. The van der Waals surface area contributed by atoms with Crippen molar-refractivity contribution in [3.8, 4) is 5.69 Å². The second kappa shape index (κ2) is 6.22. The van der Waals surface area contributed by atoms with Crippen LogP contribution in [0.5, 0.6) is 0 Å². The zero-order valence-electron chi connectivity index (χ0n) is 12.3. The molecule has 1 N–H and O–H groups in total. The normalized spacial score (nSPS) is 10.6. The molecule has 0 saturated heterocycles. The molecule has 0 fully saturated rings. The minimum atomic E-state index is -0.326. The summed E-state index contributed by atoms with van der Waals surface area (Å²) in [6.07, 6.45) is 3.02. The first-order valence-electron chi connectivity index (χ1n) is 6.91. The first kappa shape index (κ1) is 15.2. The van der Waals surface area contributed by atoms with Crippen molar-refractivity contribution < 1.29 is 9.18 Å². The predicted octanol–water partition coefficient (Wildman–Crippen LogP) is 4.23.